The maximum absolute atomic E-state index is 12.2. The SMILES string of the molecule is CN(C=O)c1c(C2=CCN(C(C)(C)C)CC2)cccc1N(C)c1ccc(OCc2ccccc2)nc1OCc1ccccc1. The van der Waals surface area contributed by atoms with Crippen molar-refractivity contribution < 1.29 is 14.3 Å². The van der Waals surface area contributed by atoms with Crippen molar-refractivity contribution in [3.63, 3.8) is 0 Å². The number of amides is 1. The Hall–Kier alpha value is -4.62. The van der Waals surface area contributed by atoms with Gasteiger partial charge >= 0.3 is 0 Å². The maximum atomic E-state index is 12.2. The lowest BCUT2D eigenvalue weighted by atomic mass is 9.94. The normalized spacial score (nSPS) is 13.6. The van der Waals surface area contributed by atoms with Gasteiger partial charge in [-0.15, -0.1) is 0 Å². The van der Waals surface area contributed by atoms with Crippen LogP contribution < -0.4 is 19.3 Å². The minimum Gasteiger partial charge on any atom is -0.473 e. The Balaban J connectivity index is 1.50. The highest BCUT2D eigenvalue weighted by Gasteiger charge is 2.26. The number of carbonyl (C=O) groups is 1. The molecule has 0 radical (unpaired) electrons. The van der Waals surface area contributed by atoms with E-state index in [2.05, 4.69) is 43.9 Å². The first-order valence-electron chi connectivity index (χ1n) is 15.1. The molecule has 0 bridgehead atoms. The number of hydrogen-bond acceptors (Lipinski definition) is 6. The molecule has 4 aromatic rings. The molecule has 0 saturated heterocycles. The van der Waals surface area contributed by atoms with E-state index in [1.807, 2.05) is 90.8 Å². The van der Waals surface area contributed by atoms with E-state index in [4.69, 9.17) is 14.5 Å². The predicted molar refractivity (Wildman–Crippen MR) is 179 cm³/mol. The Morgan fingerprint density at radius 2 is 1.48 bits per heavy atom. The zero-order valence-corrected chi connectivity index (χ0v) is 26.4. The van der Waals surface area contributed by atoms with E-state index in [1.54, 1.807) is 11.9 Å². The molecule has 1 amide bonds. The van der Waals surface area contributed by atoms with Crippen LogP contribution in [0.4, 0.5) is 17.1 Å². The lowest BCUT2D eigenvalue weighted by Gasteiger charge is -2.38. The summed E-state index contributed by atoms with van der Waals surface area (Å²) in [5.74, 6) is 0.925. The number of aromatic nitrogens is 1. The van der Waals surface area contributed by atoms with Crippen molar-refractivity contribution in [2.75, 3.05) is 37.0 Å². The molecule has 0 aliphatic carbocycles. The first-order valence-corrected chi connectivity index (χ1v) is 15.1. The van der Waals surface area contributed by atoms with Gasteiger partial charge in [0.15, 0.2) is 0 Å². The summed E-state index contributed by atoms with van der Waals surface area (Å²) in [6.45, 7) is 9.33. The van der Waals surface area contributed by atoms with Gasteiger partial charge in [0.05, 0.1) is 11.4 Å². The quantitative estimate of drug-likeness (QED) is 0.169. The van der Waals surface area contributed by atoms with E-state index >= 15 is 0 Å². The van der Waals surface area contributed by atoms with Gasteiger partial charge in [-0.1, -0.05) is 78.9 Å². The van der Waals surface area contributed by atoms with Gasteiger partial charge in [0, 0.05) is 44.4 Å². The number of anilines is 3. The van der Waals surface area contributed by atoms with Gasteiger partial charge in [0.25, 0.3) is 0 Å². The van der Waals surface area contributed by atoms with Gasteiger partial charge in [-0.3, -0.25) is 9.69 Å². The molecular formula is C37H42N4O3. The highest BCUT2D eigenvalue weighted by molar-refractivity contribution is 5.94. The minimum atomic E-state index is 0.104. The Bertz CT molecular complexity index is 1580. The maximum Gasteiger partial charge on any atom is 0.241 e. The Morgan fingerprint density at radius 3 is 2.07 bits per heavy atom. The van der Waals surface area contributed by atoms with Crippen LogP contribution in [0.25, 0.3) is 5.57 Å². The molecular weight excluding hydrogens is 548 g/mol. The second kappa shape index (κ2) is 13.8. The van der Waals surface area contributed by atoms with Crippen LogP contribution in [0.15, 0.2) is 97.1 Å². The van der Waals surface area contributed by atoms with Crippen LogP contribution in [0.1, 0.15) is 43.9 Å². The molecule has 0 N–H and O–H groups in total. The molecule has 0 atom stereocenters. The van der Waals surface area contributed by atoms with Crippen molar-refractivity contribution in [2.24, 2.45) is 0 Å². The molecule has 1 aliphatic heterocycles. The van der Waals surface area contributed by atoms with Crippen LogP contribution in [0.2, 0.25) is 0 Å². The van der Waals surface area contributed by atoms with E-state index in [9.17, 15) is 4.79 Å². The molecule has 228 valence electrons. The third-order valence-corrected chi connectivity index (χ3v) is 8.01. The van der Waals surface area contributed by atoms with Gasteiger partial charge in [-0.25, -0.2) is 0 Å². The van der Waals surface area contributed by atoms with Crippen LogP contribution in [-0.4, -0.2) is 49.0 Å². The van der Waals surface area contributed by atoms with Crippen LogP contribution in [0.5, 0.6) is 11.8 Å². The van der Waals surface area contributed by atoms with Gasteiger partial charge in [-0.2, -0.15) is 4.98 Å². The fourth-order valence-electron chi connectivity index (χ4n) is 5.45. The number of para-hydroxylation sites is 1. The molecule has 1 aliphatic rings. The summed E-state index contributed by atoms with van der Waals surface area (Å²) in [4.78, 5) is 23.2. The van der Waals surface area contributed by atoms with Crippen molar-refractivity contribution in [2.45, 2.75) is 45.9 Å². The summed E-state index contributed by atoms with van der Waals surface area (Å²) in [7, 11) is 3.79. The molecule has 7 nitrogen and oxygen atoms in total. The number of ether oxygens (including phenoxy) is 2. The van der Waals surface area contributed by atoms with Gasteiger partial charge in [0.2, 0.25) is 18.2 Å². The van der Waals surface area contributed by atoms with E-state index in [0.29, 0.717) is 25.0 Å². The van der Waals surface area contributed by atoms with Crippen molar-refractivity contribution in [1.82, 2.24) is 9.88 Å². The zero-order valence-electron chi connectivity index (χ0n) is 26.4. The monoisotopic (exact) mass is 590 g/mol. The standard InChI is InChI=1S/C37H42N4O3/c1-37(2,3)41-23-21-30(22-24-41)31-17-12-18-32(35(31)39(4)27-42)40(5)33-19-20-34(43-25-28-13-8-6-9-14-28)38-36(33)44-26-29-15-10-7-11-16-29/h6-21,27H,22-26H2,1-5H3. The number of pyridine rings is 1. The molecule has 7 heteroatoms. The molecule has 3 aromatic carbocycles. The fourth-order valence-corrected chi connectivity index (χ4v) is 5.45. The van der Waals surface area contributed by atoms with E-state index in [1.165, 1.54) is 5.57 Å². The van der Waals surface area contributed by atoms with Crippen LogP contribution in [0.3, 0.4) is 0 Å². The summed E-state index contributed by atoms with van der Waals surface area (Å²) in [6, 6.07) is 30.1. The third kappa shape index (κ3) is 7.29. The number of rotatable bonds is 11. The lowest BCUT2D eigenvalue weighted by Crippen LogP contribution is -2.43. The smallest absolute Gasteiger partial charge is 0.241 e. The first kappa shape index (κ1) is 30.8. The second-order valence-corrected chi connectivity index (χ2v) is 12.1. The largest absolute Gasteiger partial charge is 0.473 e. The molecule has 0 fully saturated rings. The topological polar surface area (TPSA) is 58.1 Å². The number of hydrogen-bond donors (Lipinski definition) is 0. The first-order chi connectivity index (χ1) is 21.2. The summed E-state index contributed by atoms with van der Waals surface area (Å²) < 4.78 is 12.4. The van der Waals surface area contributed by atoms with Crippen LogP contribution in [0, 0.1) is 0 Å². The molecule has 0 unspecified atom stereocenters. The number of nitrogens with zero attached hydrogens (tertiary/aromatic N) is 4. The zero-order chi connectivity index (χ0) is 31.1. The van der Waals surface area contributed by atoms with Crippen molar-refractivity contribution in [1.29, 1.82) is 0 Å². The van der Waals surface area contributed by atoms with E-state index < -0.39 is 0 Å². The van der Waals surface area contributed by atoms with Crippen molar-refractivity contribution in [3.8, 4) is 11.8 Å². The number of carbonyl (C=O) groups excluding carboxylic acids is 1. The van der Waals surface area contributed by atoms with Crippen LogP contribution in [-0.2, 0) is 18.0 Å². The van der Waals surface area contributed by atoms with E-state index in [0.717, 1.165) is 59.7 Å². The second-order valence-electron chi connectivity index (χ2n) is 12.1. The van der Waals surface area contributed by atoms with Gasteiger partial charge in [0.1, 0.15) is 18.9 Å². The van der Waals surface area contributed by atoms with Gasteiger partial charge in [-0.05, 0) is 56.0 Å². The lowest BCUT2D eigenvalue weighted by molar-refractivity contribution is -0.107. The number of benzene rings is 3. The molecule has 5 rings (SSSR count). The van der Waals surface area contributed by atoms with Crippen LogP contribution >= 0.6 is 0 Å². The summed E-state index contributed by atoms with van der Waals surface area (Å²) in [6.07, 6.45) is 4.07. The summed E-state index contributed by atoms with van der Waals surface area (Å²) >= 11 is 0. The Labute approximate surface area is 261 Å². The summed E-state index contributed by atoms with van der Waals surface area (Å²) in [5.41, 5.74) is 6.99. The highest BCUT2D eigenvalue weighted by atomic mass is 16.5. The fraction of sp³-hybridized carbons (Fsp3) is 0.297. The average Bonchev–Trinajstić information content (AvgIpc) is 3.06. The average molecular weight is 591 g/mol. The Morgan fingerprint density at radius 1 is 0.818 bits per heavy atom. The minimum absolute atomic E-state index is 0.104. The molecule has 2 heterocycles. The molecule has 44 heavy (non-hydrogen) atoms. The molecule has 0 saturated carbocycles. The predicted octanol–water partition coefficient (Wildman–Crippen LogP) is 7.49. The molecule has 0 spiro atoms. The molecule has 1 aromatic heterocycles. The Kier molecular flexibility index (Phi) is 9.65. The van der Waals surface area contributed by atoms with Crippen molar-refractivity contribution >= 4 is 29.0 Å². The van der Waals surface area contributed by atoms with E-state index in [-0.39, 0.29) is 5.54 Å². The summed E-state index contributed by atoms with van der Waals surface area (Å²) in [5, 5.41) is 0. The highest BCUT2D eigenvalue weighted by Crippen LogP contribution is 2.42. The van der Waals surface area contributed by atoms with Crippen molar-refractivity contribution in [3.05, 3.63) is 114 Å². The third-order valence-electron chi connectivity index (χ3n) is 8.01. The van der Waals surface area contributed by atoms with Gasteiger partial charge < -0.3 is 19.3 Å².